The first kappa shape index (κ1) is 22.9. The highest BCUT2D eigenvalue weighted by molar-refractivity contribution is 5.99. The number of carbonyl (C=O) groups excluding carboxylic acids is 3. The van der Waals surface area contributed by atoms with Gasteiger partial charge in [0.1, 0.15) is 36.4 Å². The summed E-state index contributed by atoms with van der Waals surface area (Å²) in [7, 11) is 0. The molecule has 2 aromatic rings. The van der Waals surface area contributed by atoms with E-state index >= 15 is 0 Å². The number of hydrogen-bond acceptors (Lipinski definition) is 8. The van der Waals surface area contributed by atoms with Crippen LogP contribution in [-0.2, 0) is 30.5 Å². The highest BCUT2D eigenvalue weighted by Crippen LogP contribution is 2.53. The third kappa shape index (κ3) is 3.15. The molecule has 188 valence electrons. The minimum atomic E-state index is -1.36. The van der Waals surface area contributed by atoms with Crippen LogP contribution in [0.3, 0.4) is 0 Å². The summed E-state index contributed by atoms with van der Waals surface area (Å²) in [5, 5.41) is 18.5. The quantitative estimate of drug-likeness (QED) is 0.464. The predicted molar refractivity (Wildman–Crippen MR) is 125 cm³/mol. The van der Waals surface area contributed by atoms with Crippen molar-refractivity contribution in [3.05, 3.63) is 48.6 Å². The molecule has 11 heteroatoms. The van der Waals surface area contributed by atoms with Gasteiger partial charge in [-0.1, -0.05) is 42.5 Å². The summed E-state index contributed by atoms with van der Waals surface area (Å²) in [6, 6.07) is 5.81. The second-order valence-corrected chi connectivity index (χ2v) is 9.57. The fraction of sp³-hybridized carbons (Fsp3) is 0.480. The standard InChI is InChI=1S/C25H27N5O6/c1-2-15(13-31)30-21-23(33)28(14-29-17-8-4-3-7-16(17)26-27-29)11-6-10-25(21)20(22(30)32)19-18(36-25)9-5-12-35-24(19)34/h3-10,15,18-21,31H,2,11-14H2,1H3/t15-,18-,19+,20-,21?,25-/m0/s1. The number of aromatic nitrogens is 3. The molecular formula is C25H27N5O6. The van der Waals surface area contributed by atoms with Gasteiger partial charge in [-0.3, -0.25) is 14.4 Å². The number of nitrogens with zero attached hydrogens (tertiary/aromatic N) is 5. The topological polar surface area (TPSA) is 127 Å². The number of para-hydroxylation sites is 1. The minimum absolute atomic E-state index is 0.110. The molecule has 2 saturated heterocycles. The normalized spacial score (nSPS) is 32.2. The van der Waals surface area contributed by atoms with E-state index in [1.807, 2.05) is 31.2 Å². The second-order valence-electron chi connectivity index (χ2n) is 9.57. The lowest BCUT2D eigenvalue weighted by Gasteiger charge is -2.38. The van der Waals surface area contributed by atoms with Gasteiger partial charge in [-0.15, -0.1) is 5.10 Å². The van der Waals surface area contributed by atoms with Gasteiger partial charge in [-0.25, -0.2) is 4.68 Å². The second kappa shape index (κ2) is 8.52. The minimum Gasteiger partial charge on any atom is -0.461 e. The van der Waals surface area contributed by atoms with Crippen LogP contribution in [0.5, 0.6) is 0 Å². The van der Waals surface area contributed by atoms with Crippen molar-refractivity contribution in [1.82, 2.24) is 24.8 Å². The molecule has 1 aromatic heterocycles. The van der Waals surface area contributed by atoms with Gasteiger partial charge in [0.25, 0.3) is 5.91 Å². The molecule has 4 aliphatic heterocycles. The number of aliphatic hydroxyl groups is 1. The molecule has 2 fully saturated rings. The van der Waals surface area contributed by atoms with Gasteiger partial charge in [0.2, 0.25) is 5.91 Å². The van der Waals surface area contributed by atoms with Gasteiger partial charge in [0.15, 0.2) is 0 Å². The van der Waals surface area contributed by atoms with E-state index in [1.165, 1.54) is 4.90 Å². The van der Waals surface area contributed by atoms with E-state index in [2.05, 4.69) is 10.3 Å². The van der Waals surface area contributed by atoms with E-state index in [4.69, 9.17) is 9.47 Å². The number of likely N-dealkylation sites (tertiary alicyclic amines) is 1. The highest BCUT2D eigenvalue weighted by atomic mass is 16.6. The Balaban J connectivity index is 1.43. The van der Waals surface area contributed by atoms with Crippen LogP contribution in [0.4, 0.5) is 0 Å². The zero-order chi connectivity index (χ0) is 25.0. The van der Waals surface area contributed by atoms with Gasteiger partial charge in [0, 0.05) is 6.54 Å². The van der Waals surface area contributed by atoms with Crippen molar-refractivity contribution in [2.45, 2.75) is 43.8 Å². The van der Waals surface area contributed by atoms with E-state index in [1.54, 1.807) is 33.9 Å². The zero-order valence-electron chi connectivity index (χ0n) is 19.8. The maximum Gasteiger partial charge on any atom is 0.313 e. The van der Waals surface area contributed by atoms with Crippen LogP contribution < -0.4 is 0 Å². The number of ether oxygens (including phenoxy) is 2. The molecule has 0 radical (unpaired) electrons. The molecule has 0 bridgehead atoms. The largest absolute Gasteiger partial charge is 0.461 e. The smallest absolute Gasteiger partial charge is 0.313 e. The Labute approximate surface area is 206 Å². The van der Waals surface area contributed by atoms with Crippen LogP contribution in [0.2, 0.25) is 0 Å². The van der Waals surface area contributed by atoms with Crippen molar-refractivity contribution >= 4 is 28.8 Å². The molecular weight excluding hydrogens is 466 g/mol. The van der Waals surface area contributed by atoms with E-state index in [9.17, 15) is 19.5 Å². The maximum atomic E-state index is 14.2. The zero-order valence-corrected chi connectivity index (χ0v) is 19.8. The predicted octanol–water partition coefficient (Wildman–Crippen LogP) is 0.252. The lowest BCUT2D eigenvalue weighted by molar-refractivity contribution is -0.155. The molecule has 2 amide bonds. The van der Waals surface area contributed by atoms with E-state index < -0.39 is 41.6 Å². The van der Waals surface area contributed by atoms with Gasteiger partial charge >= 0.3 is 5.97 Å². The number of aliphatic hydroxyl groups excluding tert-OH is 1. The number of cyclic esters (lactones) is 1. The maximum absolute atomic E-state index is 14.2. The third-order valence-electron chi connectivity index (χ3n) is 7.74. The number of fused-ring (bicyclic) bond motifs is 3. The number of amides is 2. The van der Waals surface area contributed by atoms with Crippen molar-refractivity contribution in [3.8, 4) is 0 Å². The summed E-state index contributed by atoms with van der Waals surface area (Å²) in [5.74, 6) is -3.05. The van der Waals surface area contributed by atoms with Crippen molar-refractivity contribution in [2.24, 2.45) is 11.8 Å². The molecule has 1 spiro atoms. The van der Waals surface area contributed by atoms with Crippen LogP contribution in [0.25, 0.3) is 11.0 Å². The number of carbonyl (C=O) groups is 3. The Bertz CT molecular complexity index is 1280. The van der Waals surface area contributed by atoms with Crippen LogP contribution in [0.15, 0.2) is 48.6 Å². The molecule has 36 heavy (non-hydrogen) atoms. The monoisotopic (exact) mass is 493 g/mol. The SMILES string of the molecule is CC[C@@H](CO)N1C(=O)[C@@H]2[C@@H]3C(=O)OCC=C[C@@H]3O[C@@]23C=CCN(Cn2nnc4ccccc42)C(=O)C13. The molecule has 11 nitrogen and oxygen atoms in total. The molecule has 0 saturated carbocycles. The number of benzene rings is 1. The van der Waals surface area contributed by atoms with Crippen LogP contribution in [0.1, 0.15) is 13.3 Å². The summed E-state index contributed by atoms with van der Waals surface area (Å²) in [5.41, 5.74) is 0.131. The molecule has 1 aromatic carbocycles. The Morgan fingerprint density at radius 2 is 2.03 bits per heavy atom. The summed E-state index contributed by atoms with van der Waals surface area (Å²) in [6.45, 7) is 2.02. The van der Waals surface area contributed by atoms with E-state index in [-0.39, 0.29) is 38.2 Å². The van der Waals surface area contributed by atoms with Crippen molar-refractivity contribution in [3.63, 3.8) is 0 Å². The molecule has 6 rings (SSSR count). The van der Waals surface area contributed by atoms with Crippen molar-refractivity contribution < 1.29 is 29.0 Å². The first-order chi connectivity index (χ1) is 17.5. The summed E-state index contributed by atoms with van der Waals surface area (Å²) < 4.78 is 13.4. The Hall–Kier alpha value is -3.57. The lowest BCUT2D eigenvalue weighted by Crippen LogP contribution is -2.58. The summed E-state index contributed by atoms with van der Waals surface area (Å²) in [6.07, 6.45) is 6.76. The highest BCUT2D eigenvalue weighted by Gasteiger charge is 2.72. The fourth-order valence-electron chi connectivity index (χ4n) is 6.07. The molecule has 4 aliphatic rings. The molecule has 6 atom stereocenters. The Kier molecular flexibility index (Phi) is 5.41. The molecule has 1 unspecified atom stereocenters. The average Bonchev–Trinajstić information content (AvgIpc) is 3.43. The van der Waals surface area contributed by atoms with Crippen molar-refractivity contribution in [1.29, 1.82) is 0 Å². The molecule has 1 N–H and O–H groups in total. The van der Waals surface area contributed by atoms with Crippen LogP contribution in [-0.4, -0.2) is 91.2 Å². The fourth-order valence-corrected chi connectivity index (χ4v) is 6.07. The number of esters is 1. The lowest BCUT2D eigenvalue weighted by atomic mass is 9.78. The van der Waals surface area contributed by atoms with Crippen molar-refractivity contribution in [2.75, 3.05) is 19.8 Å². The third-order valence-corrected chi connectivity index (χ3v) is 7.74. The van der Waals surface area contributed by atoms with Crippen LogP contribution >= 0.6 is 0 Å². The van der Waals surface area contributed by atoms with Gasteiger partial charge < -0.3 is 24.4 Å². The summed E-state index contributed by atoms with van der Waals surface area (Å²) >= 11 is 0. The number of hydrogen-bond donors (Lipinski definition) is 1. The van der Waals surface area contributed by atoms with Gasteiger partial charge in [-0.05, 0) is 24.6 Å². The average molecular weight is 494 g/mol. The first-order valence-electron chi connectivity index (χ1n) is 12.2. The van der Waals surface area contributed by atoms with Gasteiger partial charge in [0.05, 0.1) is 30.2 Å². The Morgan fingerprint density at radius 1 is 1.19 bits per heavy atom. The van der Waals surface area contributed by atoms with Crippen LogP contribution in [0, 0.1) is 11.8 Å². The molecule has 5 heterocycles. The van der Waals surface area contributed by atoms with Gasteiger partial charge in [-0.2, -0.15) is 0 Å². The van der Waals surface area contributed by atoms with E-state index in [0.717, 1.165) is 5.52 Å². The number of rotatable bonds is 5. The molecule has 0 aliphatic carbocycles. The summed E-state index contributed by atoms with van der Waals surface area (Å²) in [4.78, 5) is 44.1. The first-order valence-corrected chi connectivity index (χ1v) is 12.2. The van der Waals surface area contributed by atoms with E-state index in [0.29, 0.717) is 11.9 Å². The Morgan fingerprint density at radius 3 is 2.83 bits per heavy atom.